The third-order valence-corrected chi connectivity index (χ3v) is 7.60. The van der Waals surface area contributed by atoms with E-state index < -0.39 is 11.6 Å². The Balaban J connectivity index is 1.33. The smallest absolute Gasteiger partial charge is 0.318 e. The van der Waals surface area contributed by atoms with E-state index in [1.54, 1.807) is 17.6 Å². The molecule has 2 saturated heterocycles. The van der Waals surface area contributed by atoms with Gasteiger partial charge in [0.1, 0.15) is 34.8 Å². The van der Waals surface area contributed by atoms with Crippen LogP contribution in [-0.2, 0) is 6.54 Å². The molecule has 3 atom stereocenters. The fraction of sp³-hybridized carbons (Fsp3) is 0.407. The molecule has 5 heterocycles. The van der Waals surface area contributed by atoms with E-state index in [9.17, 15) is 4.39 Å². The number of pyridine rings is 1. The Morgan fingerprint density at radius 3 is 2.51 bits per heavy atom. The van der Waals surface area contributed by atoms with Crippen molar-refractivity contribution in [2.75, 3.05) is 14.2 Å². The SMILES string of the molecule is COc1nc(C)c2nc(-c3cncc(F)c3)n(Cc3ccc(O[C@H]4C[C@H]5CC[C@@H](C4)N5C)cc3F)c2n1. The standard InChI is InChI=1S/C27H28F2N6O2/c1-15-24-26(33-27(31-15)36-3)35(25(32-24)17-8-18(28)13-30-12-17)14-16-4-7-21(11-23(16)29)37-22-9-19-5-6-20(10-22)34(19)2/h4,7-8,11-13,19-20,22H,5-6,9-10,14H2,1-3H3/t19-,20+,22+. The number of ether oxygens (including phenoxy) is 2. The third-order valence-electron chi connectivity index (χ3n) is 7.60. The minimum Gasteiger partial charge on any atom is -0.490 e. The number of aryl methyl sites for hydroxylation is 1. The molecule has 10 heteroatoms. The molecule has 0 saturated carbocycles. The number of fused-ring (bicyclic) bond motifs is 3. The van der Waals surface area contributed by atoms with Crippen LogP contribution in [0.2, 0.25) is 0 Å². The predicted octanol–water partition coefficient (Wildman–Crippen LogP) is 4.54. The zero-order chi connectivity index (χ0) is 25.7. The Hall–Kier alpha value is -3.66. The lowest BCUT2D eigenvalue weighted by Crippen LogP contribution is -2.43. The van der Waals surface area contributed by atoms with E-state index in [-0.39, 0.29) is 18.7 Å². The molecule has 3 aromatic heterocycles. The number of aromatic nitrogens is 5. The van der Waals surface area contributed by atoms with Crippen molar-refractivity contribution < 1.29 is 18.3 Å². The summed E-state index contributed by atoms with van der Waals surface area (Å²) in [7, 11) is 3.66. The molecule has 37 heavy (non-hydrogen) atoms. The van der Waals surface area contributed by atoms with Gasteiger partial charge in [0.15, 0.2) is 5.65 Å². The van der Waals surface area contributed by atoms with E-state index in [1.807, 2.05) is 6.07 Å². The average Bonchev–Trinajstić information content (AvgIpc) is 3.32. The number of nitrogens with zero attached hydrogens (tertiary/aromatic N) is 6. The van der Waals surface area contributed by atoms with Crippen LogP contribution in [0.5, 0.6) is 11.8 Å². The van der Waals surface area contributed by atoms with E-state index in [0.29, 0.717) is 51.6 Å². The minimum absolute atomic E-state index is 0.0933. The molecule has 0 unspecified atom stereocenters. The highest BCUT2D eigenvalue weighted by molar-refractivity contribution is 5.79. The molecule has 2 bridgehead atoms. The first-order valence-electron chi connectivity index (χ1n) is 12.5. The van der Waals surface area contributed by atoms with Gasteiger partial charge in [0.05, 0.1) is 25.5 Å². The Morgan fingerprint density at radius 1 is 1.03 bits per heavy atom. The fourth-order valence-corrected chi connectivity index (χ4v) is 5.66. The van der Waals surface area contributed by atoms with Gasteiger partial charge in [0, 0.05) is 35.5 Å². The molecule has 0 amide bonds. The van der Waals surface area contributed by atoms with Crippen molar-refractivity contribution in [1.29, 1.82) is 0 Å². The largest absolute Gasteiger partial charge is 0.490 e. The Morgan fingerprint density at radius 2 is 1.81 bits per heavy atom. The highest BCUT2D eigenvalue weighted by atomic mass is 19.1. The maximum atomic E-state index is 15.4. The molecule has 0 spiro atoms. The molecule has 1 aromatic carbocycles. The van der Waals surface area contributed by atoms with Gasteiger partial charge in [-0.05, 0) is 51.8 Å². The molecule has 0 aliphatic carbocycles. The quantitative estimate of drug-likeness (QED) is 0.380. The summed E-state index contributed by atoms with van der Waals surface area (Å²) >= 11 is 0. The maximum Gasteiger partial charge on any atom is 0.318 e. The number of piperidine rings is 1. The number of hydrogen-bond acceptors (Lipinski definition) is 7. The molecule has 0 radical (unpaired) electrons. The first-order chi connectivity index (χ1) is 17.9. The molecule has 0 N–H and O–H groups in total. The molecule has 4 aromatic rings. The van der Waals surface area contributed by atoms with Crippen molar-refractivity contribution in [3.05, 3.63) is 59.6 Å². The van der Waals surface area contributed by atoms with Gasteiger partial charge in [-0.25, -0.2) is 13.8 Å². The molecule has 2 aliphatic heterocycles. The number of hydrogen-bond donors (Lipinski definition) is 0. The van der Waals surface area contributed by atoms with E-state index in [2.05, 4.69) is 31.9 Å². The molecular formula is C27H28F2N6O2. The number of imidazole rings is 1. The van der Waals surface area contributed by atoms with Crippen LogP contribution in [0.1, 0.15) is 36.9 Å². The van der Waals surface area contributed by atoms with Crippen LogP contribution in [0.25, 0.3) is 22.6 Å². The number of halogens is 2. The second-order valence-electron chi connectivity index (χ2n) is 9.90. The Labute approximate surface area is 213 Å². The highest BCUT2D eigenvalue weighted by Gasteiger charge is 2.39. The van der Waals surface area contributed by atoms with Crippen LogP contribution in [0, 0.1) is 18.6 Å². The fourth-order valence-electron chi connectivity index (χ4n) is 5.66. The van der Waals surface area contributed by atoms with Gasteiger partial charge in [0.25, 0.3) is 0 Å². The van der Waals surface area contributed by atoms with Crippen molar-refractivity contribution in [3.63, 3.8) is 0 Å². The summed E-state index contributed by atoms with van der Waals surface area (Å²) in [5.41, 5.74) is 2.47. The topological polar surface area (TPSA) is 78.2 Å². The maximum absolute atomic E-state index is 15.4. The lowest BCUT2D eigenvalue weighted by Gasteiger charge is -2.36. The summed E-state index contributed by atoms with van der Waals surface area (Å²) in [6.07, 6.45) is 7.05. The van der Waals surface area contributed by atoms with E-state index in [4.69, 9.17) is 9.47 Å². The summed E-state index contributed by atoms with van der Waals surface area (Å²) < 4.78 is 42.6. The van der Waals surface area contributed by atoms with E-state index in [1.165, 1.54) is 38.3 Å². The molecular weight excluding hydrogens is 478 g/mol. The van der Waals surface area contributed by atoms with Gasteiger partial charge in [-0.1, -0.05) is 6.07 Å². The summed E-state index contributed by atoms with van der Waals surface area (Å²) in [4.78, 5) is 19.9. The van der Waals surface area contributed by atoms with E-state index in [0.717, 1.165) is 19.0 Å². The lowest BCUT2D eigenvalue weighted by atomic mass is 10.0. The van der Waals surface area contributed by atoms with Crippen LogP contribution in [0.4, 0.5) is 8.78 Å². The number of methoxy groups -OCH3 is 1. The average molecular weight is 507 g/mol. The van der Waals surface area contributed by atoms with Crippen molar-refractivity contribution in [3.8, 4) is 23.1 Å². The Bertz CT molecular complexity index is 1460. The first-order valence-corrected chi connectivity index (χ1v) is 12.5. The van der Waals surface area contributed by atoms with Crippen molar-refractivity contribution in [2.24, 2.45) is 0 Å². The zero-order valence-electron chi connectivity index (χ0n) is 21.0. The summed E-state index contributed by atoms with van der Waals surface area (Å²) in [6, 6.07) is 7.57. The normalized spacial score (nSPS) is 21.5. The molecule has 2 aliphatic rings. The van der Waals surface area contributed by atoms with Gasteiger partial charge >= 0.3 is 6.01 Å². The molecule has 192 valence electrons. The van der Waals surface area contributed by atoms with Crippen molar-refractivity contribution >= 4 is 11.2 Å². The third kappa shape index (κ3) is 4.39. The van der Waals surface area contributed by atoms with Crippen LogP contribution in [0.15, 0.2) is 36.7 Å². The van der Waals surface area contributed by atoms with Crippen LogP contribution < -0.4 is 9.47 Å². The van der Waals surface area contributed by atoms with Gasteiger partial charge < -0.3 is 18.9 Å². The van der Waals surface area contributed by atoms with Crippen molar-refractivity contribution in [2.45, 2.75) is 57.3 Å². The molecule has 6 rings (SSSR count). The van der Waals surface area contributed by atoms with Crippen LogP contribution in [0.3, 0.4) is 0 Å². The van der Waals surface area contributed by atoms with Gasteiger partial charge in [-0.3, -0.25) is 4.98 Å². The predicted molar refractivity (Wildman–Crippen MR) is 134 cm³/mol. The second-order valence-corrected chi connectivity index (χ2v) is 9.90. The lowest BCUT2D eigenvalue weighted by molar-refractivity contribution is 0.0659. The highest BCUT2D eigenvalue weighted by Crippen LogP contribution is 2.36. The monoisotopic (exact) mass is 506 g/mol. The van der Waals surface area contributed by atoms with Crippen LogP contribution >= 0.6 is 0 Å². The Kier molecular flexibility index (Phi) is 5.98. The summed E-state index contributed by atoms with van der Waals surface area (Å²) in [5, 5.41) is 0. The van der Waals surface area contributed by atoms with E-state index >= 15 is 4.39 Å². The summed E-state index contributed by atoms with van der Waals surface area (Å²) in [5.74, 6) is 0.0529. The number of rotatable bonds is 6. The number of benzene rings is 1. The van der Waals surface area contributed by atoms with Crippen molar-refractivity contribution in [1.82, 2.24) is 29.4 Å². The zero-order valence-corrected chi connectivity index (χ0v) is 21.0. The minimum atomic E-state index is -0.494. The van der Waals surface area contributed by atoms with Gasteiger partial charge in [-0.2, -0.15) is 9.97 Å². The first kappa shape index (κ1) is 23.7. The molecule has 8 nitrogen and oxygen atoms in total. The van der Waals surface area contributed by atoms with Gasteiger partial charge in [-0.15, -0.1) is 0 Å². The summed E-state index contributed by atoms with van der Waals surface area (Å²) in [6.45, 7) is 1.91. The molecule has 2 fully saturated rings. The van der Waals surface area contributed by atoms with Gasteiger partial charge in [0.2, 0.25) is 0 Å². The second kappa shape index (κ2) is 9.33. The van der Waals surface area contributed by atoms with Crippen LogP contribution in [-0.4, -0.2) is 61.7 Å².